The first-order valence-electron chi connectivity index (χ1n) is 7.28. The van der Waals surface area contributed by atoms with Crippen molar-refractivity contribution in [3.63, 3.8) is 0 Å². The molecule has 0 saturated heterocycles. The minimum Gasteiger partial charge on any atom is -0.416 e. The van der Waals surface area contributed by atoms with E-state index in [0.29, 0.717) is 17.0 Å². The second-order valence-corrected chi connectivity index (χ2v) is 6.11. The molecule has 0 atom stereocenters. The molecule has 122 valence electrons. The van der Waals surface area contributed by atoms with Crippen LogP contribution in [-0.4, -0.2) is 20.1 Å². The molecule has 0 radical (unpaired) electrons. The van der Waals surface area contributed by atoms with Crippen molar-refractivity contribution in [3.8, 4) is 33.3 Å². The van der Waals surface area contributed by atoms with Crippen LogP contribution in [0.15, 0.2) is 64.7 Å². The van der Waals surface area contributed by atoms with Crippen molar-refractivity contribution in [1.29, 1.82) is 0 Å². The maximum absolute atomic E-state index is 10.9. The molecule has 3 aromatic heterocycles. The monoisotopic (exact) mass is 350 g/mol. The van der Waals surface area contributed by atoms with Crippen LogP contribution in [0.25, 0.3) is 33.3 Å². The number of thiophene rings is 1. The summed E-state index contributed by atoms with van der Waals surface area (Å²) in [6.07, 6.45) is 3.41. The molecule has 0 amide bonds. The first-order chi connectivity index (χ1) is 12.2. The molecule has 3 heterocycles. The highest BCUT2D eigenvalue weighted by molar-refractivity contribution is 7.13. The highest BCUT2D eigenvalue weighted by Gasteiger charge is 2.14. The molecule has 0 aliphatic heterocycles. The van der Waals surface area contributed by atoms with E-state index in [0.717, 1.165) is 10.4 Å². The van der Waals surface area contributed by atoms with Crippen LogP contribution in [0.5, 0.6) is 0 Å². The smallest absolute Gasteiger partial charge is 0.270 e. The van der Waals surface area contributed by atoms with Crippen molar-refractivity contribution in [2.75, 3.05) is 0 Å². The highest BCUT2D eigenvalue weighted by atomic mass is 32.1. The normalized spacial score (nSPS) is 10.7. The Morgan fingerprint density at radius 1 is 0.960 bits per heavy atom. The van der Waals surface area contributed by atoms with Gasteiger partial charge in [-0.1, -0.05) is 12.1 Å². The highest BCUT2D eigenvalue weighted by Crippen LogP contribution is 2.29. The van der Waals surface area contributed by atoms with Crippen LogP contribution in [0, 0.1) is 10.1 Å². The summed E-state index contributed by atoms with van der Waals surface area (Å²) in [6.45, 7) is 0. The molecule has 4 rings (SSSR count). The van der Waals surface area contributed by atoms with E-state index in [1.54, 1.807) is 35.9 Å². The zero-order valence-electron chi connectivity index (χ0n) is 12.7. The quantitative estimate of drug-likeness (QED) is 0.399. The van der Waals surface area contributed by atoms with Crippen molar-refractivity contribution in [1.82, 2.24) is 15.2 Å². The summed E-state index contributed by atoms with van der Waals surface area (Å²) >= 11 is 1.62. The lowest BCUT2D eigenvalue weighted by molar-refractivity contribution is -0.384. The van der Waals surface area contributed by atoms with E-state index >= 15 is 0 Å². The van der Waals surface area contributed by atoms with E-state index in [-0.39, 0.29) is 11.6 Å². The lowest BCUT2D eigenvalue weighted by atomic mass is 10.2. The van der Waals surface area contributed by atoms with Crippen LogP contribution < -0.4 is 0 Å². The molecule has 25 heavy (non-hydrogen) atoms. The first kappa shape index (κ1) is 15.2. The van der Waals surface area contributed by atoms with E-state index in [1.807, 2.05) is 23.6 Å². The molecule has 1 aromatic carbocycles. The lowest BCUT2D eigenvalue weighted by Crippen LogP contribution is -1.88. The SMILES string of the molecule is O=[N+]([O-])c1cccc(-c2nnc(-c3cncc(-c4cccs4)c3)o2)c1. The zero-order chi connectivity index (χ0) is 17.2. The van der Waals surface area contributed by atoms with Gasteiger partial charge < -0.3 is 4.42 Å². The van der Waals surface area contributed by atoms with Crippen LogP contribution in [0.1, 0.15) is 0 Å². The number of aromatic nitrogens is 3. The fourth-order valence-electron chi connectivity index (χ4n) is 2.34. The van der Waals surface area contributed by atoms with Crippen molar-refractivity contribution in [2.24, 2.45) is 0 Å². The van der Waals surface area contributed by atoms with Crippen molar-refractivity contribution in [2.45, 2.75) is 0 Å². The predicted octanol–water partition coefficient (Wildman–Crippen LogP) is 4.44. The van der Waals surface area contributed by atoms with Gasteiger partial charge in [-0.05, 0) is 23.6 Å². The number of nitro groups is 1. The number of nitrogens with zero attached hydrogens (tertiary/aromatic N) is 4. The summed E-state index contributed by atoms with van der Waals surface area (Å²) in [6, 6.07) is 12.0. The zero-order valence-corrected chi connectivity index (χ0v) is 13.5. The third-order valence-electron chi connectivity index (χ3n) is 3.52. The fraction of sp³-hybridized carbons (Fsp3) is 0. The number of non-ortho nitro benzene ring substituents is 1. The van der Waals surface area contributed by atoms with Gasteiger partial charge in [0, 0.05) is 40.5 Å². The van der Waals surface area contributed by atoms with Crippen LogP contribution >= 0.6 is 11.3 Å². The third-order valence-corrected chi connectivity index (χ3v) is 4.44. The number of rotatable bonds is 4. The summed E-state index contributed by atoms with van der Waals surface area (Å²) in [5.41, 5.74) is 2.12. The van der Waals surface area contributed by atoms with Gasteiger partial charge in [0.1, 0.15) is 0 Å². The molecule has 0 bridgehead atoms. The molecule has 0 aliphatic rings. The number of hydrogen-bond donors (Lipinski definition) is 0. The molecule has 0 spiro atoms. The first-order valence-corrected chi connectivity index (χ1v) is 8.16. The molecule has 0 fully saturated rings. The third kappa shape index (κ3) is 3.02. The van der Waals surface area contributed by atoms with Gasteiger partial charge in [0.15, 0.2) is 0 Å². The van der Waals surface area contributed by atoms with Crippen molar-refractivity contribution in [3.05, 3.63) is 70.4 Å². The van der Waals surface area contributed by atoms with E-state index in [2.05, 4.69) is 15.2 Å². The predicted molar refractivity (Wildman–Crippen MR) is 92.9 cm³/mol. The van der Waals surface area contributed by atoms with E-state index in [1.165, 1.54) is 12.1 Å². The minimum absolute atomic E-state index is 0.0291. The number of pyridine rings is 1. The van der Waals surface area contributed by atoms with Gasteiger partial charge in [0.25, 0.3) is 5.69 Å². The van der Waals surface area contributed by atoms with E-state index < -0.39 is 4.92 Å². The fourth-order valence-corrected chi connectivity index (χ4v) is 3.05. The summed E-state index contributed by atoms with van der Waals surface area (Å²) in [7, 11) is 0. The molecule has 4 aromatic rings. The van der Waals surface area contributed by atoms with Gasteiger partial charge in [-0.3, -0.25) is 15.1 Å². The summed E-state index contributed by atoms with van der Waals surface area (Å²) in [5, 5.41) is 20.9. The summed E-state index contributed by atoms with van der Waals surface area (Å²) < 4.78 is 5.68. The summed E-state index contributed by atoms with van der Waals surface area (Å²) in [4.78, 5) is 15.7. The Kier molecular flexibility index (Phi) is 3.79. The van der Waals surface area contributed by atoms with E-state index in [4.69, 9.17) is 4.42 Å². The molecule has 8 heteroatoms. The topological polar surface area (TPSA) is 95.0 Å². The van der Waals surface area contributed by atoms with Gasteiger partial charge >= 0.3 is 0 Å². The van der Waals surface area contributed by atoms with Crippen LogP contribution in [0.4, 0.5) is 5.69 Å². The number of hydrogen-bond acceptors (Lipinski definition) is 7. The van der Waals surface area contributed by atoms with Crippen LogP contribution in [-0.2, 0) is 0 Å². The Morgan fingerprint density at radius 3 is 2.52 bits per heavy atom. The number of nitro benzene ring substituents is 1. The Bertz CT molecular complexity index is 1040. The van der Waals surface area contributed by atoms with E-state index in [9.17, 15) is 10.1 Å². The molecule has 0 N–H and O–H groups in total. The Morgan fingerprint density at radius 2 is 1.76 bits per heavy atom. The van der Waals surface area contributed by atoms with Gasteiger partial charge in [-0.2, -0.15) is 0 Å². The van der Waals surface area contributed by atoms with Gasteiger partial charge in [0.05, 0.1) is 10.5 Å². The molecule has 7 nitrogen and oxygen atoms in total. The second-order valence-electron chi connectivity index (χ2n) is 5.16. The van der Waals surface area contributed by atoms with Crippen LogP contribution in [0.3, 0.4) is 0 Å². The lowest BCUT2D eigenvalue weighted by Gasteiger charge is -1.99. The molecule has 0 unspecified atom stereocenters. The number of benzene rings is 1. The maximum atomic E-state index is 10.9. The maximum Gasteiger partial charge on any atom is 0.270 e. The molecular formula is C17H10N4O3S. The van der Waals surface area contributed by atoms with Crippen LogP contribution in [0.2, 0.25) is 0 Å². The Hall–Kier alpha value is -3.39. The standard InChI is InChI=1S/C17H10N4O3S/c22-21(23)14-4-1-3-11(8-14)16-19-20-17(24-16)13-7-12(9-18-10-13)15-5-2-6-25-15/h1-10H. The minimum atomic E-state index is -0.463. The average Bonchev–Trinajstić information content (AvgIpc) is 3.34. The molecule has 0 aliphatic carbocycles. The average molecular weight is 350 g/mol. The molecule has 0 saturated carbocycles. The van der Waals surface area contributed by atoms with Crippen molar-refractivity contribution < 1.29 is 9.34 Å². The molecular weight excluding hydrogens is 340 g/mol. The second kappa shape index (κ2) is 6.25. The van der Waals surface area contributed by atoms with Gasteiger partial charge in [-0.25, -0.2) is 0 Å². The largest absolute Gasteiger partial charge is 0.416 e. The summed E-state index contributed by atoms with van der Waals surface area (Å²) in [5.74, 6) is 0.535. The van der Waals surface area contributed by atoms with Crippen molar-refractivity contribution >= 4 is 17.0 Å². The van der Waals surface area contributed by atoms with Gasteiger partial charge in [-0.15, -0.1) is 21.5 Å². The van der Waals surface area contributed by atoms with Gasteiger partial charge in [0.2, 0.25) is 11.8 Å². The Labute approximate surface area is 145 Å². The Balaban J connectivity index is 1.69.